The number of aromatic hydroxyl groups is 1. The van der Waals surface area contributed by atoms with Crippen molar-refractivity contribution in [3.8, 4) is 5.75 Å². The first kappa shape index (κ1) is 14.0. The molecule has 0 amide bonds. The average Bonchev–Trinajstić information content (AvgIpc) is 2.27. The minimum Gasteiger partial charge on any atom is -0.508 e. The highest BCUT2D eigenvalue weighted by molar-refractivity contribution is 7.91. The molecule has 1 aromatic carbocycles. The third kappa shape index (κ3) is 4.75. The summed E-state index contributed by atoms with van der Waals surface area (Å²) in [7, 11) is -2.96. The Labute approximate surface area is 103 Å². The lowest BCUT2D eigenvalue weighted by atomic mass is 10.2. The summed E-state index contributed by atoms with van der Waals surface area (Å²) >= 11 is 0. The molecule has 1 unspecified atom stereocenters. The molecular formula is C12H19NO3S. The van der Waals surface area contributed by atoms with Crippen LogP contribution in [0.25, 0.3) is 0 Å². The van der Waals surface area contributed by atoms with E-state index in [4.69, 9.17) is 0 Å². The zero-order valence-corrected chi connectivity index (χ0v) is 11.0. The van der Waals surface area contributed by atoms with E-state index in [1.807, 2.05) is 19.1 Å². The van der Waals surface area contributed by atoms with E-state index in [9.17, 15) is 13.5 Å². The van der Waals surface area contributed by atoms with Crippen LogP contribution >= 0.6 is 0 Å². The third-order valence-electron chi connectivity index (χ3n) is 2.58. The summed E-state index contributed by atoms with van der Waals surface area (Å²) in [5.41, 5.74) is 0.772. The van der Waals surface area contributed by atoms with E-state index < -0.39 is 9.84 Å². The lowest BCUT2D eigenvalue weighted by Gasteiger charge is -2.14. The third-order valence-corrected chi connectivity index (χ3v) is 4.46. The van der Waals surface area contributed by atoms with Crippen LogP contribution in [0.1, 0.15) is 19.4 Å². The van der Waals surface area contributed by atoms with Gasteiger partial charge in [0.25, 0.3) is 0 Å². The van der Waals surface area contributed by atoms with Crippen LogP contribution in [-0.4, -0.2) is 31.1 Å². The Bertz CT molecular complexity index is 457. The van der Waals surface area contributed by atoms with E-state index in [2.05, 4.69) is 5.32 Å². The van der Waals surface area contributed by atoms with Crippen molar-refractivity contribution in [1.29, 1.82) is 0 Å². The van der Waals surface area contributed by atoms with Crippen LogP contribution in [0.2, 0.25) is 0 Å². The van der Waals surface area contributed by atoms with Gasteiger partial charge in [0.05, 0.1) is 5.75 Å². The van der Waals surface area contributed by atoms with Crippen molar-refractivity contribution in [1.82, 2.24) is 5.32 Å². The Hall–Kier alpha value is -1.07. The number of phenols is 1. The molecule has 5 heteroatoms. The van der Waals surface area contributed by atoms with E-state index in [0.717, 1.165) is 5.56 Å². The van der Waals surface area contributed by atoms with E-state index >= 15 is 0 Å². The number of nitrogens with one attached hydrogen (secondary N) is 1. The smallest absolute Gasteiger partial charge is 0.151 e. The normalized spacial score (nSPS) is 13.5. The molecule has 2 N–H and O–H groups in total. The fourth-order valence-corrected chi connectivity index (χ4v) is 2.62. The van der Waals surface area contributed by atoms with Gasteiger partial charge in [-0.1, -0.05) is 25.1 Å². The van der Waals surface area contributed by atoms with Crippen molar-refractivity contribution in [3.05, 3.63) is 29.8 Å². The van der Waals surface area contributed by atoms with Crippen LogP contribution in [0.4, 0.5) is 0 Å². The van der Waals surface area contributed by atoms with Gasteiger partial charge < -0.3 is 10.4 Å². The van der Waals surface area contributed by atoms with Gasteiger partial charge in [-0.15, -0.1) is 0 Å². The second kappa shape index (κ2) is 6.02. The summed E-state index contributed by atoms with van der Waals surface area (Å²) in [6.07, 6.45) is 0. The fourth-order valence-electron chi connectivity index (χ4n) is 1.50. The molecule has 4 nitrogen and oxygen atoms in total. The highest BCUT2D eigenvalue weighted by Gasteiger charge is 2.13. The number of hydrogen-bond acceptors (Lipinski definition) is 4. The van der Waals surface area contributed by atoms with Gasteiger partial charge in [-0.25, -0.2) is 8.42 Å². The number of sulfone groups is 1. The van der Waals surface area contributed by atoms with Crippen LogP contribution in [0.3, 0.4) is 0 Å². The molecule has 0 aliphatic carbocycles. The summed E-state index contributed by atoms with van der Waals surface area (Å²) in [6, 6.07) is 6.89. The predicted octanol–water partition coefficient (Wildman–Crippen LogP) is 1.30. The molecule has 1 aromatic rings. The summed E-state index contributed by atoms with van der Waals surface area (Å²) in [5, 5.41) is 12.6. The van der Waals surface area contributed by atoms with Gasteiger partial charge in [-0.05, 0) is 13.0 Å². The van der Waals surface area contributed by atoms with Crippen LogP contribution in [0.5, 0.6) is 5.75 Å². The van der Waals surface area contributed by atoms with Gasteiger partial charge in [0.15, 0.2) is 9.84 Å². The Morgan fingerprint density at radius 2 is 2.00 bits per heavy atom. The Kier molecular flexibility index (Phi) is 4.96. The lowest BCUT2D eigenvalue weighted by Crippen LogP contribution is -2.33. The highest BCUT2D eigenvalue weighted by Crippen LogP contribution is 2.15. The van der Waals surface area contributed by atoms with E-state index in [0.29, 0.717) is 6.54 Å². The standard InChI is InChI=1S/C12H19NO3S/c1-3-17(15,16)9-10(2)13-8-11-6-4-5-7-12(11)14/h4-7,10,13-14H,3,8-9H2,1-2H3. The molecule has 1 rings (SSSR count). The number of benzene rings is 1. The van der Waals surface area contributed by atoms with Crippen molar-refractivity contribution in [2.45, 2.75) is 26.4 Å². The molecule has 0 saturated carbocycles. The van der Waals surface area contributed by atoms with Crippen LogP contribution in [-0.2, 0) is 16.4 Å². The maximum absolute atomic E-state index is 11.4. The molecule has 0 fully saturated rings. The van der Waals surface area contributed by atoms with Crippen LogP contribution in [0.15, 0.2) is 24.3 Å². The zero-order chi connectivity index (χ0) is 12.9. The fraction of sp³-hybridized carbons (Fsp3) is 0.500. The van der Waals surface area contributed by atoms with Crippen molar-refractivity contribution in [2.75, 3.05) is 11.5 Å². The van der Waals surface area contributed by atoms with Gasteiger partial charge >= 0.3 is 0 Å². The molecule has 1 atom stereocenters. The second-order valence-corrected chi connectivity index (χ2v) is 6.51. The summed E-state index contributed by atoms with van der Waals surface area (Å²) in [5.74, 6) is 0.512. The van der Waals surface area contributed by atoms with E-state index in [1.54, 1.807) is 19.1 Å². The van der Waals surface area contributed by atoms with Crippen molar-refractivity contribution in [2.24, 2.45) is 0 Å². The Balaban J connectivity index is 2.49. The first-order valence-electron chi connectivity index (χ1n) is 5.65. The summed E-state index contributed by atoms with van der Waals surface area (Å²) in [4.78, 5) is 0. The van der Waals surface area contributed by atoms with Crippen molar-refractivity contribution >= 4 is 9.84 Å². The first-order valence-corrected chi connectivity index (χ1v) is 7.47. The van der Waals surface area contributed by atoms with E-state index in [-0.39, 0.29) is 23.3 Å². The molecule has 0 aromatic heterocycles. The Morgan fingerprint density at radius 3 is 2.59 bits per heavy atom. The van der Waals surface area contributed by atoms with Crippen molar-refractivity contribution in [3.63, 3.8) is 0 Å². The summed E-state index contributed by atoms with van der Waals surface area (Å²) < 4.78 is 22.8. The predicted molar refractivity (Wildman–Crippen MR) is 68.7 cm³/mol. The zero-order valence-electron chi connectivity index (χ0n) is 10.2. The minimum absolute atomic E-state index is 0.122. The molecule has 0 spiro atoms. The largest absolute Gasteiger partial charge is 0.508 e. The van der Waals surface area contributed by atoms with Gasteiger partial charge in [0.1, 0.15) is 5.75 Å². The molecular weight excluding hydrogens is 238 g/mol. The number of phenolic OH excluding ortho intramolecular Hbond substituents is 1. The number of para-hydroxylation sites is 1. The molecule has 96 valence electrons. The maximum Gasteiger partial charge on any atom is 0.151 e. The maximum atomic E-state index is 11.4. The van der Waals surface area contributed by atoms with Crippen molar-refractivity contribution < 1.29 is 13.5 Å². The van der Waals surface area contributed by atoms with Gasteiger partial charge in [0.2, 0.25) is 0 Å². The van der Waals surface area contributed by atoms with E-state index in [1.165, 1.54) is 0 Å². The van der Waals surface area contributed by atoms with Crippen LogP contribution in [0, 0.1) is 0 Å². The number of rotatable bonds is 6. The quantitative estimate of drug-likeness (QED) is 0.806. The Morgan fingerprint density at radius 1 is 1.35 bits per heavy atom. The lowest BCUT2D eigenvalue weighted by molar-refractivity contribution is 0.461. The summed E-state index contributed by atoms with van der Waals surface area (Å²) in [6.45, 7) is 3.94. The molecule has 0 radical (unpaired) electrons. The molecule has 0 heterocycles. The molecule has 0 aliphatic rings. The topological polar surface area (TPSA) is 66.4 Å². The van der Waals surface area contributed by atoms with Gasteiger partial charge in [0, 0.05) is 23.9 Å². The van der Waals surface area contributed by atoms with Gasteiger partial charge in [-0.2, -0.15) is 0 Å². The monoisotopic (exact) mass is 257 g/mol. The first-order chi connectivity index (χ1) is 7.94. The minimum atomic E-state index is -2.96. The highest BCUT2D eigenvalue weighted by atomic mass is 32.2. The molecule has 0 aliphatic heterocycles. The SMILES string of the molecule is CCS(=O)(=O)CC(C)NCc1ccccc1O. The average molecular weight is 257 g/mol. The molecule has 0 bridgehead atoms. The second-order valence-electron chi connectivity index (χ2n) is 4.11. The number of hydrogen-bond donors (Lipinski definition) is 2. The molecule has 17 heavy (non-hydrogen) atoms. The molecule has 0 saturated heterocycles. The van der Waals surface area contributed by atoms with Gasteiger partial charge in [-0.3, -0.25) is 0 Å². The van der Waals surface area contributed by atoms with Crippen LogP contribution < -0.4 is 5.32 Å².